The molecule has 1 N–H and O–H groups in total. The van der Waals surface area contributed by atoms with E-state index >= 15 is 0 Å². The SMILES string of the molecule is COC(=O)C1(O)CCOC1. The van der Waals surface area contributed by atoms with Crippen molar-refractivity contribution in [1.29, 1.82) is 0 Å². The number of rotatable bonds is 1. The van der Waals surface area contributed by atoms with Gasteiger partial charge in [0.25, 0.3) is 0 Å². The average Bonchev–Trinajstić information content (AvgIpc) is 2.36. The van der Waals surface area contributed by atoms with Crippen LogP contribution < -0.4 is 0 Å². The van der Waals surface area contributed by atoms with Crippen LogP contribution in [-0.2, 0) is 14.3 Å². The lowest BCUT2D eigenvalue weighted by atomic mass is 10.1. The molecule has 0 aliphatic carbocycles. The largest absolute Gasteiger partial charge is 0.467 e. The molecule has 1 fully saturated rings. The normalized spacial score (nSPS) is 32.2. The minimum absolute atomic E-state index is 0.0552. The number of ether oxygens (including phenoxy) is 2. The Bertz CT molecular complexity index is 137. The smallest absolute Gasteiger partial charge is 0.340 e. The Balaban J connectivity index is 2.58. The first-order chi connectivity index (χ1) is 4.69. The van der Waals surface area contributed by atoms with E-state index in [4.69, 9.17) is 4.74 Å². The zero-order chi connectivity index (χ0) is 7.61. The second-order valence-corrected chi connectivity index (χ2v) is 2.33. The fraction of sp³-hybridized carbons (Fsp3) is 0.833. The van der Waals surface area contributed by atoms with Gasteiger partial charge in [-0.2, -0.15) is 0 Å². The van der Waals surface area contributed by atoms with Gasteiger partial charge in [0.2, 0.25) is 0 Å². The molecule has 0 aromatic carbocycles. The highest BCUT2D eigenvalue weighted by Gasteiger charge is 2.41. The fourth-order valence-electron chi connectivity index (χ4n) is 0.905. The summed E-state index contributed by atoms with van der Waals surface area (Å²) >= 11 is 0. The fourth-order valence-corrected chi connectivity index (χ4v) is 0.905. The minimum atomic E-state index is -1.38. The Morgan fingerprint density at radius 1 is 1.80 bits per heavy atom. The predicted molar refractivity (Wildman–Crippen MR) is 32.4 cm³/mol. The summed E-state index contributed by atoms with van der Waals surface area (Å²) in [5.41, 5.74) is -1.38. The Morgan fingerprint density at radius 2 is 2.50 bits per heavy atom. The molecule has 1 heterocycles. The summed E-state index contributed by atoms with van der Waals surface area (Å²) in [7, 11) is 1.25. The molecule has 1 unspecified atom stereocenters. The van der Waals surface area contributed by atoms with Crippen LogP contribution in [0.1, 0.15) is 6.42 Å². The maximum absolute atomic E-state index is 10.8. The number of hydrogen-bond donors (Lipinski definition) is 1. The summed E-state index contributed by atoms with van der Waals surface area (Å²) in [6, 6.07) is 0. The van der Waals surface area contributed by atoms with E-state index in [0.29, 0.717) is 13.0 Å². The Kier molecular flexibility index (Phi) is 1.92. The Hall–Kier alpha value is -0.610. The van der Waals surface area contributed by atoms with Gasteiger partial charge >= 0.3 is 5.97 Å². The molecular weight excluding hydrogens is 136 g/mol. The maximum Gasteiger partial charge on any atom is 0.340 e. The summed E-state index contributed by atoms with van der Waals surface area (Å²) in [6.45, 7) is 0.477. The second kappa shape index (κ2) is 2.56. The van der Waals surface area contributed by atoms with Gasteiger partial charge < -0.3 is 14.6 Å². The van der Waals surface area contributed by atoms with E-state index in [1.54, 1.807) is 0 Å². The highest BCUT2D eigenvalue weighted by molar-refractivity contribution is 5.79. The van der Waals surface area contributed by atoms with Crippen molar-refractivity contribution in [2.45, 2.75) is 12.0 Å². The molecular formula is C6H10O4. The molecule has 1 aliphatic rings. The van der Waals surface area contributed by atoms with Gasteiger partial charge in [0, 0.05) is 6.42 Å². The first-order valence-electron chi connectivity index (χ1n) is 3.07. The highest BCUT2D eigenvalue weighted by Crippen LogP contribution is 2.19. The number of carbonyl (C=O) groups is 1. The number of hydrogen-bond acceptors (Lipinski definition) is 4. The quantitative estimate of drug-likeness (QED) is 0.497. The zero-order valence-electron chi connectivity index (χ0n) is 5.79. The molecule has 1 rings (SSSR count). The van der Waals surface area contributed by atoms with Crippen LogP contribution in [0.25, 0.3) is 0 Å². The summed E-state index contributed by atoms with van der Waals surface area (Å²) in [5.74, 6) is -0.606. The van der Waals surface area contributed by atoms with Crippen LogP contribution >= 0.6 is 0 Å². The van der Waals surface area contributed by atoms with Crippen molar-refractivity contribution in [1.82, 2.24) is 0 Å². The van der Waals surface area contributed by atoms with Gasteiger partial charge in [0.15, 0.2) is 5.60 Å². The topological polar surface area (TPSA) is 55.8 Å². The molecule has 4 nitrogen and oxygen atoms in total. The lowest BCUT2D eigenvalue weighted by Crippen LogP contribution is -2.39. The molecule has 58 valence electrons. The van der Waals surface area contributed by atoms with Crippen molar-refractivity contribution in [3.8, 4) is 0 Å². The monoisotopic (exact) mass is 146 g/mol. The molecule has 0 aromatic heterocycles. The molecule has 10 heavy (non-hydrogen) atoms. The van der Waals surface area contributed by atoms with Crippen LogP contribution in [0.3, 0.4) is 0 Å². The van der Waals surface area contributed by atoms with E-state index in [2.05, 4.69) is 4.74 Å². The van der Waals surface area contributed by atoms with Gasteiger partial charge in [0.1, 0.15) is 0 Å². The van der Waals surface area contributed by atoms with Gasteiger partial charge in [-0.05, 0) is 0 Å². The lowest BCUT2D eigenvalue weighted by Gasteiger charge is -2.15. The first-order valence-corrected chi connectivity index (χ1v) is 3.07. The van der Waals surface area contributed by atoms with Crippen LogP contribution in [0.15, 0.2) is 0 Å². The third-order valence-electron chi connectivity index (χ3n) is 1.57. The molecule has 0 aromatic rings. The highest BCUT2D eigenvalue weighted by atomic mass is 16.6. The summed E-state index contributed by atoms with van der Waals surface area (Å²) in [6.07, 6.45) is 0.333. The number of aliphatic hydroxyl groups is 1. The van der Waals surface area contributed by atoms with Crippen LogP contribution in [0.2, 0.25) is 0 Å². The maximum atomic E-state index is 10.8. The Labute approximate surface area is 58.7 Å². The molecule has 1 atom stereocenters. The number of carbonyl (C=O) groups excluding carboxylic acids is 1. The van der Waals surface area contributed by atoms with Crippen molar-refractivity contribution in [2.75, 3.05) is 20.3 Å². The van der Waals surface area contributed by atoms with Crippen molar-refractivity contribution in [2.24, 2.45) is 0 Å². The van der Waals surface area contributed by atoms with Gasteiger partial charge in [-0.25, -0.2) is 4.79 Å². The number of esters is 1. The van der Waals surface area contributed by atoms with Gasteiger partial charge in [-0.15, -0.1) is 0 Å². The molecule has 1 saturated heterocycles. The molecule has 1 aliphatic heterocycles. The minimum Gasteiger partial charge on any atom is -0.467 e. The van der Waals surface area contributed by atoms with Crippen molar-refractivity contribution in [3.05, 3.63) is 0 Å². The van der Waals surface area contributed by atoms with E-state index in [9.17, 15) is 9.90 Å². The van der Waals surface area contributed by atoms with E-state index in [1.165, 1.54) is 7.11 Å². The third kappa shape index (κ3) is 1.12. The molecule has 0 spiro atoms. The second-order valence-electron chi connectivity index (χ2n) is 2.33. The predicted octanol–water partition coefficient (Wildman–Crippen LogP) is -0.689. The van der Waals surface area contributed by atoms with E-state index in [-0.39, 0.29) is 6.61 Å². The van der Waals surface area contributed by atoms with Gasteiger partial charge in [0.05, 0.1) is 20.3 Å². The summed E-state index contributed by atoms with van der Waals surface area (Å²) < 4.78 is 9.20. The van der Waals surface area contributed by atoms with E-state index < -0.39 is 11.6 Å². The van der Waals surface area contributed by atoms with Gasteiger partial charge in [-0.1, -0.05) is 0 Å². The molecule has 0 radical (unpaired) electrons. The standard InChI is InChI=1S/C6H10O4/c1-9-5(7)6(8)2-3-10-4-6/h8H,2-4H2,1H3. The van der Waals surface area contributed by atoms with Crippen LogP contribution in [0, 0.1) is 0 Å². The van der Waals surface area contributed by atoms with E-state index in [0.717, 1.165) is 0 Å². The third-order valence-corrected chi connectivity index (χ3v) is 1.57. The molecule has 0 saturated carbocycles. The average molecular weight is 146 g/mol. The molecule has 4 heteroatoms. The lowest BCUT2D eigenvalue weighted by molar-refractivity contribution is -0.161. The number of methoxy groups -OCH3 is 1. The van der Waals surface area contributed by atoms with E-state index in [1.807, 2.05) is 0 Å². The van der Waals surface area contributed by atoms with Gasteiger partial charge in [-0.3, -0.25) is 0 Å². The van der Waals surface area contributed by atoms with Crippen LogP contribution in [0.4, 0.5) is 0 Å². The van der Waals surface area contributed by atoms with Crippen molar-refractivity contribution in [3.63, 3.8) is 0 Å². The first kappa shape index (κ1) is 7.50. The van der Waals surface area contributed by atoms with Crippen LogP contribution in [-0.4, -0.2) is 37.0 Å². The summed E-state index contributed by atoms with van der Waals surface area (Å²) in [4.78, 5) is 10.8. The van der Waals surface area contributed by atoms with Crippen molar-refractivity contribution >= 4 is 5.97 Å². The Morgan fingerprint density at radius 3 is 2.90 bits per heavy atom. The zero-order valence-corrected chi connectivity index (χ0v) is 5.79. The van der Waals surface area contributed by atoms with Crippen molar-refractivity contribution < 1.29 is 19.4 Å². The molecule has 0 bridgehead atoms. The molecule has 0 amide bonds. The summed E-state index contributed by atoms with van der Waals surface area (Å²) in [5, 5.41) is 9.36. The van der Waals surface area contributed by atoms with Crippen LogP contribution in [0.5, 0.6) is 0 Å².